The Kier molecular flexibility index (Phi) is 4.72. The van der Waals surface area contributed by atoms with E-state index in [9.17, 15) is 0 Å². The molecule has 1 N–H and O–H groups in total. The van der Waals surface area contributed by atoms with Crippen molar-refractivity contribution in [3.05, 3.63) is 48.0 Å². The van der Waals surface area contributed by atoms with E-state index in [4.69, 9.17) is 14.2 Å². The molecule has 27 heavy (non-hydrogen) atoms. The van der Waals surface area contributed by atoms with Crippen molar-refractivity contribution in [1.29, 1.82) is 0 Å². The minimum Gasteiger partial charge on any atom is -0.497 e. The first-order valence-corrected chi connectivity index (χ1v) is 9.49. The van der Waals surface area contributed by atoms with E-state index < -0.39 is 6.23 Å². The summed E-state index contributed by atoms with van der Waals surface area (Å²) in [6, 6.07) is 13.4. The molecule has 1 atom stereocenters. The van der Waals surface area contributed by atoms with Gasteiger partial charge in [0.1, 0.15) is 11.5 Å². The van der Waals surface area contributed by atoms with E-state index in [2.05, 4.69) is 20.5 Å². The molecule has 0 spiro atoms. The predicted octanol–water partition coefficient (Wildman–Crippen LogP) is 3.78. The molecule has 3 aromatic rings. The molecule has 0 aliphatic carbocycles. The average Bonchev–Trinajstić information content (AvgIpc) is 2.89. The lowest BCUT2D eigenvalue weighted by atomic mass is 10.1. The van der Waals surface area contributed by atoms with Crippen molar-refractivity contribution in [3.63, 3.8) is 0 Å². The molecule has 1 aliphatic rings. The van der Waals surface area contributed by atoms with Crippen LogP contribution in [0.25, 0.3) is 11.3 Å². The van der Waals surface area contributed by atoms with Crippen LogP contribution in [-0.4, -0.2) is 35.7 Å². The van der Waals surface area contributed by atoms with Crippen LogP contribution in [0.15, 0.2) is 47.6 Å². The number of benzene rings is 2. The first-order chi connectivity index (χ1) is 13.2. The standard InChI is InChI=1S/C19H18N4O3S/c1-24-11-8-9-13(15(10-11)25-2)17-20-14-7-5-4-6-12(14)16-18(26-17)21-19(27-3)23-22-16/h4-10,17,20H,1-3H3. The lowest BCUT2D eigenvalue weighted by molar-refractivity contribution is 0.219. The number of hydrogen-bond acceptors (Lipinski definition) is 8. The second kappa shape index (κ2) is 7.32. The van der Waals surface area contributed by atoms with E-state index in [1.807, 2.05) is 48.7 Å². The molecular weight excluding hydrogens is 364 g/mol. The summed E-state index contributed by atoms with van der Waals surface area (Å²) in [5.41, 5.74) is 3.19. The Labute approximate surface area is 161 Å². The maximum atomic E-state index is 6.23. The molecule has 138 valence electrons. The molecule has 1 aliphatic heterocycles. The fourth-order valence-electron chi connectivity index (χ4n) is 2.91. The van der Waals surface area contributed by atoms with Crippen molar-refractivity contribution >= 4 is 17.4 Å². The fraction of sp³-hybridized carbons (Fsp3) is 0.211. The first-order valence-electron chi connectivity index (χ1n) is 8.26. The minimum absolute atomic E-state index is 0.426. The lowest BCUT2D eigenvalue weighted by Gasteiger charge is -2.21. The van der Waals surface area contributed by atoms with Crippen molar-refractivity contribution in [1.82, 2.24) is 15.2 Å². The highest BCUT2D eigenvalue weighted by atomic mass is 32.2. The number of para-hydroxylation sites is 1. The quantitative estimate of drug-likeness (QED) is 0.683. The van der Waals surface area contributed by atoms with Gasteiger partial charge in [0, 0.05) is 17.3 Å². The molecule has 0 radical (unpaired) electrons. The molecule has 4 rings (SSSR count). The third-order valence-electron chi connectivity index (χ3n) is 4.24. The smallest absolute Gasteiger partial charge is 0.247 e. The van der Waals surface area contributed by atoms with Crippen LogP contribution in [0.1, 0.15) is 11.8 Å². The van der Waals surface area contributed by atoms with Gasteiger partial charge in [-0.25, -0.2) is 0 Å². The maximum absolute atomic E-state index is 6.23. The van der Waals surface area contributed by atoms with E-state index in [1.165, 1.54) is 11.8 Å². The molecule has 7 nitrogen and oxygen atoms in total. The summed E-state index contributed by atoms with van der Waals surface area (Å²) >= 11 is 1.41. The second-order valence-electron chi connectivity index (χ2n) is 5.75. The van der Waals surface area contributed by atoms with Crippen molar-refractivity contribution in [2.24, 2.45) is 0 Å². The normalized spacial score (nSPS) is 14.9. The molecule has 1 unspecified atom stereocenters. The first kappa shape index (κ1) is 17.4. The zero-order chi connectivity index (χ0) is 18.8. The van der Waals surface area contributed by atoms with Crippen LogP contribution in [0.4, 0.5) is 5.69 Å². The predicted molar refractivity (Wildman–Crippen MR) is 104 cm³/mol. The average molecular weight is 382 g/mol. The van der Waals surface area contributed by atoms with Crippen LogP contribution in [-0.2, 0) is 0 Å². The molecule has 0 saturated carbocycles. The van der Waals surface area contributed by atoms with E-state index in [-0.39, 0.29) is 0 Å². The maximum Gasteiger partial charge on any atom is 0.247 e. The second-order valence-corrected chi connectivity index (χ2v) is 6.52. The zero-order valence-electron chi connectivity index (χ0n) is 15.1. The fourth-order valence-corrected chi connectivity index (χ4v) is 3.21. The zero-order valence-corrected chi connectivity index (χ0v) is 15.9. The number of ether oxygens (including phenoxy) is 3. The number of hydrogen-bond donors (Lipinski definition) is 1. The van der Waals surface area contributed by atoms with Crippen LogP contribution < -0.4 is 19.5 Å². The Morgan fingerprint density at radius 1 is 1.07 bits per heavy atom. The number of rotatable bonds is 4. The van der Waals surface area contributed by atoms with Crippen LogP contribution >= 0.6 is 11.8 Å². The van der Waals surface area contributed by atoms with Crippen molar-refractivity contribution < 1.29 is 14.2 Å². The van der Waals surface area contributed by atoms with Gasteiger partial charge in [-0.15, -0.1) is 10.2 Å². The van der Waals surface area contributed by atoms with E-state index >= 15 is 0 Å². The Morgan fingerprint density at radius 3 is 2.70 bits per heavy atom. The van der Waals surface area contributed by atoms with Crippen molar-refractivity contribution in [2.45, 2.75) is 11.4 Å². The van der Waals surface area contributed by atoms with Gasteiger partial charge in [0.2, 0.25) is 17.3 Å². The SMILES string of the molecule is COc1ccc(C2Nc3ccccc3-c3nnc(SC)nc3O2)c(OC)c1. The van der Waals surface area contributed by atoms with Crippen molar-refractivity contribution in [2.75, 3.05) is 25.8 Å². The lowest BCUT2D eigenvalue weighted by Crippen LogP contribution is -2.18. The monoisotopic (exact) mass is 382 g/mol. The summed E-state index contributed by atoms with van der Waals surface area (Å²) in [4.78, 5) is 4.52. The van der Waals surface area contributed by atoms with E-state index in [1.54, 1.807) is 14.2 Å². The third kappa shape index (κ3) is 3.23. The number of aromatic nitrogens is 3. The molecule has 8 heteroatoms. The molecule has 1 aromatic heterocycles. The van der Waals surface area contributed by atoms with Crippen molar-refractivity contribution in [3.8, 4) is 28.6 Å². The van der Waals surface area contributed by atoms with Gasteiger partial charge in [-0.1, -0.05) is 30.0 Å². The molecule has 0 amide bonds. The molecule has 2 aromatic carbocycles. The van der Waals surface area contributed by atoms with Gasteiger partial charge in [-0.2, -0.15) is 4.98 Å². The molecule has 0 fully saturated rings. The highest BCUT2D eigenvalue weighted by molar-refractivity contribution is 7.98. The topological polar surface area (TPSA) is 78.4 Å². The van der Waals surface area contributed by atoms with Gasteiger partial charge < -0.3 is 19.5 Å². The van der Waals surface area contributed by atoms with Crippen LogP contribution in [0.2, 0.25) is 0 Å². The molecule has 0 saturated heterocycles. The van der Waals surface area contributed by atoms with Gasteiger partial charge in [-0.3, -0.25) is 0 Å². The van der Waals surface area contributed by atoms with Crippen LogP contribution in [0, 0.1) is 0 Å². The van der Waals surface area contributed by atoms with Gasteiger partial charge >= 0.3 is 0 Å². The molecular formula is C19H18N4O3S. The van der Waals surface area contributed by atoms with Gasteiger partial charge in [0.25, 0.3) is 0 Å². The van der Waals surface area contributed by atoms with Gasteiger partial charge in [0.05, 0.1) is 19.8 Å². The van der Waals surface area contributed by atoms with Gasteiger partial charge in [-0.05, 0) is 24.5 Å². The molecule has 0 bridgehead atoms. The Balaban J connectivity index is 1.85. The summed E-state index contributed by atoms with van der Waals surface area (Å²) in [6.45, 7) is 0. The number of anilines is 1. The number of nitrogens with zero attached hydrogens (tertiary/aromatic N) is 3. The Hall–Kier alpha value is -3.00. The van der Waals surface area contributed by atoms with E-state index in [0.29, 0.717) is 28.2 Å². The highest BCUT2D eigenvalue weighted by Gasteiger charge is 2.27. The van der Waals surface area contributed by atoms with E-state index in [0.717, 1.165) is 16.8 Å². The van der Waals surface area contributed by atoms with Gasteiger partial charge in [0.15, 0.2) is 5.69 Å². The summed E-state index contributed by atoms with van der Waals surface area (Å²) < 4.78 is 17.1. The minimum atomic E-state index is -0.514. The summed E-state index contributed by atoms with van der Waals surface area (Å²) in [5, 5.41) is 12.5. The summed E-state index contributed by atoms with van der Waals surface area (Å²) in [6.07, 6.45) is 1.38. The van der Waals surface area contributed by atoms with Crippen LogP contribution in [0.3, 0.4) is 0 Å². The Bertz CT molecular complexity index is 983. The highest BCUT2D eigenvalue weighted by Crippen LogP contribution is 2.41. The largest absolute Gasteiger partial charge is 0.497 e. The summed E-state index contributed by atoms with van der Waals surface area (Å²) in [5.74, 6) is 1.79. The number of methoxy groups -OCH3 is 2. The third-order valence-corrected chi connectivity index (χ3v) is 4.78. The summed E-state index contributed by atoms with van der Waals surface area (Å²) in [7, 11) is 3.24. The van der Waals surface area contributed by atoms with Crippen LogP contribution in [0.5, 0.6) is 17.4 Å². The molecule has 2 heterocycles. The number of nitrogens with one attached hydrogen (secondary N) is 1. The number of thioether (sulfide) groups is 1. The Morgan fingerprint density at radius 2 is 1.93 bits per heavy atom. The number of fused-ring (bicyclic) bond motifs is 3.